The summed E-state index contributed by atoms with van der Waals surface area (Å²) in [5, 5.41) is 3.33. The van der Waals surface area contributed by atoms with E-state index in [1.807, 2.05) is 24.3 Å². The Kier molecular flexibility index (Phi) is 7.94. The summed E-state index contributed by atoms with van der Waals surface area (Å²) in [5.74, 6) is 2.39. The number of hydrogen-bond donors (Lipinski definition) is 1. The third-order valence-corrected chi connectivity index (χ3v) is 5.43. The number of piperazine rings is 1. The average Bonchev–Trinajstić information content (AvgIpc) is 2.80. The van der Waals surface area contributed by atoms with E-state index in [0.29, 0.717) is 6.54 Å². The first-order valence-electron chi connectivity index (χ1n) is 10.3. The number of hydrogen-bond acceptors (Lipinski definition) is 5. The van der Waals surface area contributed by atoms with Crippen LogP contribution in [0, 0.1) is 5.82 Å². The zero-order valence-corrected chi connectivity index (χ0v) is 18.7. The lowest BCUT2D eigenvalue weighted by Crippen LogP contribution is -2.52. The normalized spacial score (nSPS) is 15.0. The molecule has 1 aliphatic rings. The average molecular weight is 431 g/mol. The molecule has 0 saturated carbocycles. The van der Waals surface area contributed by atoms with Crippen LogP contribution in [0.5, 0.6) is 17.2 Å². The van der Waals surface area contributed by atoms with Gasteiger partial charge in [-0.2, -0.15) is 0 Å². The minimum absolute atomic E-state index is 0.247. The quantitative estimate of drug-likeness (QED) is 0.539. The lowest BCUT2D eigenvalue weighted by atomic mass is 10.1. The number of guanidine groups is 1. The minimum Gasteiger partial charge on any atom is -0.497 e. The van der Waals surface area contributed by atoms with Gasteiger partial charge in [0.1, 0.15) is 11.5 Å². The fourth-order valence-electron chi connectivity index (χ4n) is 3.70. The first-order valence-corrected chi connectivity index (χ1v) is 10.3. The number of halogens is 1. The number of ether oxygens (including phenoxy) is 3. The highest BCUT2D eigenvalue weighted by Crippen LogP contribution is 2.25. The van der Waals surface area contributed by atoms with Gasteiger partial charge in [0.25, 0.3) is 0 Å². The Morgan fingerprint density at radius 3 is 2.29 bits per heavy atom. The van der Waals surface area contributed by atoms with Gasteiger partial charge >= 0.3 is 0 Å². The summed E-state index contributed by atoms with van der Waals surface area (Å²) < 4.78 is 29.8. The molecule has 0 radical (unpaired) electrons. The fraction of sp³-hybridized carbons (Fsp3) is 0.435. The van der Waals surface area contributed by atoms with Crippen LogP contribution in [0.4, 0.5) is 4.39 Å². The molecule has 2 aromatic carbocycles. The second-order valence-electron chi connectivity index (χ2n) is 7.31. The van der Waals surface area contributed by atoms with Crippen LogP contribution in [0.3, 0.4) is 0 Å². The molecule has 0 atom stereocenters. The van der Waals surface area contributed by atoms with Gasteiger partial charge in [-0.3, -0.25) is 9.89 Å². The van der Waals surface area contributed by atoms with E-state index in [0.717, 1.165) is 61.3 Å². The molecule has 168 valence electrons. The zero-order chi connectivity index (χ0) is 22.2. The molecule has 1 aliphatic heterocycles. The summed E-state index contributed by atoms with van der Waals surface area (Å²) in [4.78, 5) is 9.01. The Bertz CT molecular complexity index is 898. The molecule has 7 nitrogen and oxygen atoms in total. The Morgan fingerprint density at radius 2 is 1.68 bits per heavy atom. The number of methoxy groups -OCH3 is 3. The third kappa shape index (κ3) is 5.79. The van der Waals surface area contributed by atoms with Crippen LogP contribution in [-0.2, 0) is 13.1 Å². The van der Waals surface area contributed by atoms with Gasteiger partial charge in [0.05, 0.1) is 21.3 Å². The fourth-order valence-corrected chi connectivity index (χ4v) is 3.70. The van der Waals surface area contributed by atoms with E-state index in [1.165, 1.54) is 13.2 Å². The summed E-state index contributed by atoms with van der Waals surface area (Å²) in [6.45, 7) is 4.79. The Balaban J connectivity index is 1.54. The van der Waals surface area contributed by atoms with Gasteiger partial charge in [0.15, 0.2) is 17.5 Å². The predicted molar refractivity (Wildman–Crippen MR) is 120 cm³/mol. The molecule has 0 spiro atoms. The van der Waals surface area contributed by atoms with Crippen molar-refractivity contribution >= 4 is 5.96 Å². The van der Waals surface area contributed by atoms with Gasteiger partial charge in [-0.1, -0.05) is 6.07 Å². The lowest BCUT2D eigenvalue weighted by molar-refractivity contribution is 0.171. The van der Waals surface area contributed by atoms with Crippen LogP contribution >= 0.6 is 0 Å². The van der Waals surface area contributed by atoms with Crippen molar-refractivity contribution in [3.8, 4) is 17.2 Å². The van der Waals surface area contributed by atoms with Crippen molar-refractivity contribution in [2.75, 3.05) is 54.6 Å². The van der Waals surface area contributed by atoms with Crippen LogP contribution in [-0.4, -0.2) is 70.3 Å². The van der Waals surface area contributed by atoms with Gasteiger partial charge in [-0.05, 0) is 35.9 Å². The highest BCUT2D eigenvalue weighted by atomic mass is 19.1. The first kappa shape index (κ1) is 22.7. The molecule has 1 fully saturated rings. The highest BCUT2D eigenvalue weighted by Gasteiger charge is 2.21. The van der Waals surface area contributed by atoms with Gasteiger partial charge in [-0.15, -0.1) is 0 Å². The van der Waals surface area contributed by atoms with Crippen molar-refractivity contribution < 1.29 is 18.6 Å². The largest absolute Gasteiger partial charge is 0.497 e. The minimum atomic E-state index is -0.363. The molecular formula is C23H31FN4O3. The Labute approximate surface area is 183 Å². The Hall–Kier alpha value is -3.00. The maximum Gasteiger partial charge on any atom is 0.194 e. The van der Waals surface area contributed by atoms with Crippen LogP contribution in [0.1, 0.15) is 11.1 Å². The zero-order valence-electron chi connectivity index (χ0n) is 18.7. The van der Waals surface area contributed by atoms with Gasteiger partial charge < -0.3 is 24.4 Å². The molecule has 0 bridgehead atoms. The SMILES string of the molecule is CN=C(NCc1ccc(OC)c(F)c1)N1CCN(Cc2cc(OC)ccc2OC)CC1. The number of benzene rings is 2. The first-order chi connectivity index (χ1) is 15.1. The molecule has 0 amide bonds. The molecule has 0 aromatic heterocycles. The highest BCUT2D eigenvalue weighted by molar-refractivity contribution is 5.80. The molecule has 1 N–H and O–H groups in total. The van der Waals surface area contributed by atoms with Crippen molar-refractivity contribution in [3.05, 3.63) is 53.3 Å². The van der Waals surface area contributed by atoms with Crippen molar-refractivity contribution in [2.45, 2.75) is 13.1 Å². The third-order valence-electron chi connectivity index (χ3n) is 5.43. The van der Waals surface area contributed by atoms with Crippen molar-refractivity contribution in [3.63, 3.8) is 0 Å². The molecule has 2 aromatic rings. The van der Waals surface area contributed by atoms with E-state index in [2.05, 4.69) is 20.1 Å². The van der Waals surface area contributed by atoms with E-state index in [9.17, 15) is 4.39 Å². The second-order valence-corrected chi connectivity index (χ2v) is 7.31. The number of rotatable bonds is 7. The smallest absolute Gasteiger partial charge is 0.194 e. The van der Waals surface area contributed by atoms with Crippen LogP contribution < -0.4 is 19.5 Å². The topological polar surface area (TPSA) is 58.6 Å². The molecule has 1 heterocycles. The van der Waals surface area contributed by atoms with E-state index < -0.39 is 0 Å². The summed E-state index contributed by atoms with van der Waals surface area (Å²) in [6.07, 6.45) is 0. The summed E-state index contributed by atoms with van der Waals surface area (Å²) in [7, 11) is 6.59. The van der Waals surface area contributed by atoms with Crippen LogP contribution in [0.25, 0.3) is 0 Å². The van der Waals surface area contributed by atoms with Crippen LogP contribution in [0.15, 0.2) is 41.4 Å². The second kappa shape index (κ2) is 10.9. The summed E-state index contributed by atoms with van der Waals surface area (Å²) in [6, 6.07) is 10.9. The standard InChI is InChI=1S/C23H31FN4O3/c1-25-23(26-15-17-5-7-22(31-4)20(24)13-17)28-11-9-27(10-12-28)16-18-14-19(29-2)6-8-21(18)30-3/h5-8,13-14H,9-12,15-16H2,1-4H3,(H,25,26). The predicted octanol–water partition coefficient (Wildman–Crippen LogP) is 2.74. The molecule has 0 unspecified atom stereocenters. The number of aliphatic imine (C=N–C) groups is 1. The molecule has 8 heteroatoms. The van der Waals surface area contributed by atoms with Gasteiger partial charge in [0.2, 0.25) is 0 Å². The van der Waals surface area contributed by atoms with Crippen LogP contribution in [0.2, 0.25) is 0 Å². The number of nitrogens with one attached hydrogen (secondary N) is 1. The van der Waals surface area contributed by atoms with Crippen molar-refractivity contribution in [1.29, 1.82) is 0 Å². The van der Waals surface area contributed by atoms with E-state index in [4.69, 9.17) is 14.2 Å². The van der Waals surface area contributed by atoms with Crippen molar-refractivity contribution in [2.24, 2.45) is 4.99 Å². The number of nitrogens with zero attached hydrogens (tertiary/aromatic N) is 3. The Morgan fingerprint density at radius 1 is 0.968 bits per heavy atom. The van der Waals surface area contributed by atoms with Gasteiger partial charge in [0, 0.05) is 51.9 Å². The van der Waals surface area contributed by atoms with E-state index in [-0.39, 0.29) is 11.6 Å². The van der Waals surface area contributed by atoms with E-state index >= 15 is 0 Å². The molecule has 3 rings (SSSR count). The monoisotopic (exact) mass is 430 g/mol. The molecule has 1 saturated heterocycles. The lowest BCUT2D eigenvalue weighted by Gasteiger charge is -2.36. The van der Waals surface area contributed by atoms with Gasteiger partial charge in [-0.25, -0.2) is 4.39 Å². The maximum atomic E-state index is 13.9. The van der Waals surface area contributed by atoms with E-state index in [1.54, 1.807) is 27.3 Å². The molecular weight excluding hydrogens is 399 g/mol. The summed E-state index contributed by atoms with van der Waals surface area (Å²) in [5.41, 5.74) is 1.95. The molecule has 0 aliphatic carbocycles. The summed E-state index contributed by atoms with van der Waals surface area (Å²) >= 11 is 0. The molecule has 31 heavy (non-hydrogen) atoms. The maximum absolute atomic E-state index is 13.9. The van der Waals surface area contributed by atoms with Crippen molar-refractivity contribution in [1.82, 2.24) is 15.1 Å².